The summed E-state index contributed by atoms with van der Waals surface area (Å²) in [5, 5.41) is 3.07. The van der Waals surface area contributed by atoms with Crippen LogP contribution in [-0.4, -0.2) is 70.1 Å². The number of hydrogen-bond donors (Lipinski definition) is 1. The second kappa shape index (κ2) is 7.97. The number of hydrogen-bond acceptors (Lipinski definition) is 5. The van der Waals surface area contributed by atoms with Gasteiger partial charge in [-0.25, -0.2) is 9.78 Å². The van der Waals surface area contributed by atoms with Crippen LogP contribution < -0.4 is 5.32 Å². The maximum Gasteiger partial charge on any atom is 0.318 e. The summed E-state index contributed by atoms with van der Waals surface area (Å²) in [5.74, 6) is 0.229. The monoisotopic (exact) mass is 404 g/mol. The van der Waals surface area contributed by atoms with Crippen LogP contribution in [0.15, 0.2) is 10.8 Å². The molecular formula is C21H32N4O4. The Morgan fingerprint density at radius 2 is 1.97 bits per heavy atom. The van der Waals surface area contributed by atoms with Gasteiger partial charge in [0, 0.05) is 37.8 Å². The van der Waals surface area contributed by atoms with E-state index in [0.717, 1.165) is 38.5 Å². The summed E-state index contributed by atoms with van der Waals surface area (Å²) < 4.78 is 11.5. The first-order valence-corrected chi connectivity index (χ1v) is 10.8. The number of likely N-dealkylation sites (tertiary alicyclic amines) is 1. The molecular weight excluding hydrogens is 372 g/mol. The van der Waals surface area contributed by atoms with Crippen molar-refractivity contribution in [2.24, 2.45) is 0 Å². The van der Waals surface area contributed by atoms with Gasteiger partial charge in [0.05, 0.1) is 11.3 Å². The standard InChI is InChI=1S/C21H32N4O4/c1-14(2)23-20(27)25(16-4-5-16)17-6-11-29-21(12-17)7-9-24(10-8-21)19(26)18-15(3)22-13-28-18/h13-14,16-17H,4-12H2,1-3H3,(H,23,27). The highest BCUT2D eigenvalue weighted by molar-refractivity contribution is 5.92. The average Bonchev–Trinajstić information content (AvgIpc) is 3.41. The Labute approximate surface area is 172 Å². The molecule has 4 rings (SSSR count). The predicted octanol–water partition coefficient (Wildman–Crippen LogP) is 2.72. The minimum absolute atomic E-state index is 0.0537. The number of amides is 3. The number of ether oxygens (including phenoxy) is 1. The van der Waals surface area contributed by atoms with Crippen LogP contribution in [0.3, 0.4) is 0 Å². The van der Waals surface area contributed by atoms with Crippen molar-refractivity contribution >= 4 is 11.9 Å². The first-order valence-electron chi connectivity index (χ1n) is 10.8. The fourth-order valence-corrected chi connectivity index (χ4v) is 4.66. The summed E-state index contributed by atoms with van der Waals surface area (Å²) in [4.78, 5) is 33.5. The molecule has 3 fully saturated rings. The fraction of sp³-hybridized carbons (Fsp3) is 0.762. The molecule has 1 N–H and O–H groups in total. The second-order valence-electron chi connectivity index (χ2n) is 8.98. The summed E-state index contributed by atoms with van der Waals surface area (Å²) in [6.45, 7) is 7.71. The molecule has 1 aromatic rings. The van der Waals surface area contributed by atoms with E-state index in [2.05, 4.69) is 15.2 Å². The van der Waals surface area contributed by atoms with Gasteiger partial charge in [0.2, 0.25) is 5.76 Å². The molecule has 0 aromatic carbocycles. The van der Waals surface area contributed by atoms with Crippen molar-refractivity contribution in [3.63, 3.8) is 0 Å². The van der Waals surface area contributed by atoms with Crippen molar-refractivity contribution in [3.05, 3.63) is 17.8 Å². The Morgan fingerprint density at radius 1 is 1.24 bits per heavy atom. The lowest BCUT2D eigenvalue weighted by atomic mass is 9.81. The highest BCUT2D eigenvalue weighted by atomic mass is 16.5. The van der Waals surface area contributed by atoms with Gasteiger partial charge in [-0.15, -0.1) is 0 Å². The SMILES string of the molecule is Cc1ncoc1C(=O)N1CCC2(CC1)CC(N(C(=O)NC(C)C)C1CC1)CCO2. The Kier molecular flexibility index (Phi) is 5.55. The number of aryl methyl sites for hydroxylation is 1. The van der Waals surface area contributed by atoms with Gasteiger partial charge in [0.1, 0.15) is 0 Å². The van der Waals surface area contributed by atoms with E-state index in [1.54, 1.807) is 6.92 Å². The number of piperidine rings is 1. The molecule has 1 aliphatic carbocycles. The maximum atomic E-state index is 12.8. The van der Waals surface area contributed by atoms with Crippen LogP contribution in [0, 0.1) is 6.92 Å². The molecule has 8 nitrogen and oxygen atoms in total. The van der Waals surface area contributed by atoms with Crippen molar-refractivity contribution in [1.82, 2.24) is 20.1 Å². The molecule has 2 saturated heterocycles. The van der Waals surface area contributed by atoms with Crippen LogP contribution in [0.1, 0.15) is 68.6 Å². The van der Waals surface area contributed by atoms with Crippen LogP contribution >= 0.6 is 0 Å². The first kappa shape index (κ1) is 20.2. The van der Waals surface area contributed by atoms with E-state index in [1.165, 1.54) is 6.39 Å². The van der Waals surface area contributed by atoms with Gasteiger partial charge >= 0.3 is 6.03 Å². The molecule has 3 amide bonds. The summed E-state index contributed by atoms with van der Waals surface area (Å²) in [7, 11) is 0. The number of carbonyl (C=O) groups excluding carboxylic acids is 2. The third kappa shape index (κ3) is 4.27. The average molecular weight is 405 g/mol. The maximum absolute atomic E-state index is 12.8. The van der Waals surface area contributed by atoms with Crippen LogP contribution in [0.4, 0.5) is 4.79 Å². The second-order valence-corrected chi connectivity index (χ2v) is 8.98. The number of nitrogens with one attached hydrogen (secondary N) is 1. The number of urea groups is 1. The van der Waals surface area contributed by atoms with E-state index in [-0.39, 0.29) is 29.6 Å². The largest absolute Gasteiger partial charge is 0.438 e. The Morgan fingerprint density at radius 3 is 2.55 bits per heavy atom. The molecule has 1 aromatic heterocycles. The molecule has 1 atom stereocenters. The van der Waals surface area contributed by atoms with Crippen LogP contribution in [0.5, 0.6) is 0 Å². The topological polar surface area (TPSA) is 87.9 Å². The summed E-state index contributed by atoms with van der Waals surface area (Å²) >= 11 is 0. The van der Waals surface area contributed by atoms with Crippen molar-refractivity contribution in [2.45, 2.75) is 83.0 Å². The number of aromatic nitrogens is 1. The van der Waals surface area contributed by atoms with E-state index in [1.807, 2.05) is 18.7 Å². The van der Waals surface area contributed by atoms with Gasteiger partial charge in [0.25, 0.3) is 5.91 Å². The molecule has 1 spiro atoms. The van der Waals surface area contributed by atoms with E-state index in [9.17, 15) is 9.59 Å². The Bertz CT molecular complexity index is 750. The molecule has 2 aliphatic heterocycles. The van der Waals surface area contributed by atoms with Gasteiger partial charge in [0.15, 0.2) is 6.39 Å². The molecule has 0 radical (unpaired) electrons. The van der Waals surface area contributed by atoms with Gasteiger partial charge in [-0.1, -0.05) is 0 Å². The molecule has 3 heterocycles. The number of rotatable bonds is 4. The van der Waals surface area contributed by atoms with E-state index in [4.69, 9.17) is 9.15 Å². The normalized spacial score (nSPS) is 24.0. The highest BCUT2D eigenvalue weighted by Crippen LogP contribution is 2.40. The minimum Gasteiger partial charge on any atom is -0.438 e. The van der Waals surface area contributed by atoms with Crippen LogP contribution in [-0.2, 0) is 4.74 Å². The zero-order valence-electron chi connectivity index (χ0n) is 17.6. The molecule has 0 bridgehead atoms. The third-order valence-corrected chi connectivity index (χ3v) is 6.35. The first-order chi connectivity index (χ1) is 13.9. The fourth-order valence-electron chi connectivity index (χ4n) is 4.66. The molecule has 1 saturated carbocycles. The molecule has 8 heteroatoms. The van der Waals surface area contributed by atoms with Crippen molar-refractivity contribution in [2.75, 3.05) is 19.7 Å². The zero-order chi connectivity index (χ0) is 20.6. The lowest BCUT2D eigenvalue weighted by Crippen LogP contribution is -2.57. The van der Waals surface area contributed by atoms with Crippen molar-refractivity contribution in [3.8, 4) is 0 Å². The lowest BCUT2D eigenvalue weighted by molar-refractivity contribution is -0.126. The molecule has 160 valence electrons. The third-order valence-electron chi connectivity index (χ3n) is 6.35. The molecule has 1 unspecified atom stereocenters. The Hall–Kier alpha value is -2.09. The zero-order valence-corrected chi connectivity index (χ0v) is 17.6. The van der Waals surface area contributed by atoms with E-state index >= 15 is 0 Å². The van der Waals surface area contributed by atoms with Crippen LogP contribution in [0.2, 0.25) is 0 Å². The quantitative estimate of drug-likeness (QED) is 0.834. The van der Waals surface area contributed by atoms with Crippen molar-refractivity contribution in [1.29, 1.82) is 0 Å². The summed E-state index contributed by atoms with van der Waals surface area (Å²) in [6, 6.07) is 0.753. The minimum atomic E-state index is -0.249. The molecule has 29 heavy (non-hydrogen) atoms. The number of carbonyl (C=O) groups is 2. The van der Waals surface area contributed by atoms with E-state index < -0.39 is 0 Å². The van der Waals surface area contributed by atoms with Gasteiger partial charge in [-0.3, -0.25) is 4.79 Å². The van der Waals surface area contributed by atoms with Crippen molar-refractivity contribution < 1.29 is 18.7 Å². The number of nitrogens with zero attached hydrogens (tertiary/aromatic N) is 3. The Balaban J connectivity index is 1.40. The summed E-state index contributed by atoms with van der Waals surface area (Å²) in [6.07, 6.45) is 6.79. The number of oxazole rings is 1. The van der Waals surface area contributed by atoms with Gasteiger partial charge < -0.3 is 24.3 Å². The molecule has 3 aliphatic rings. The summed E-state index contributed by atoms with van der Waals surface area (Å²) in [5.41, 5.74) is 0.377. The highest BCUT2D eigenvalue weighted by Gasteiger charge is 2.46. The van der Waals surface area contributed by atoms with Gasteiger partial charge in [-0.05, 0) is 59.3 Å². The smallest absolute Gasteiger partial charge is 0.318 e. The predicted molar refractivity (Wildman–Crippen MR) is 107 cm³/mol. The van der Waals surface area contributed by atoms with Crippen LogP contribution in [0.25, 0.3) is 0 Å². The van der Waals surface area contributed by atoms with E-state index in [0.29, 0.717) is 37.2 Å². The van der Waals surface area contributed by atoms with Gasteiger partial charge in [-0.2, -0.15) is 0 Å². The lowest BCUT2D eigenvalue weighted by Gasteiger charge is -2.48.